The molecule has 4 aromatic heterocycles. The third-order valence-electron chi connectivity index (χ3n) is 6.40. The van der Waals surface area contributed by atoms with Gasteiger partial charge in [0.2, 0.25) is 0 Å². The molecule has 32 heavy (non-hydrogen) atoms. The second-order valence-electron chi connectivity index (χ2n) is 8.37. The Labute approximate surface area is 188 Å². The van der Waals surface area contributed by atoms with Crippen molar-refractivity contribution in [1.82, 2.24) is 29.3 Å². The van der Waals surface area contributed by atoms with Crippen LogP contribution in [-0.4, -0.2) is 65.7 Å². The van der Waals surface area contributed by atoms with Gasteiger partial charge in [0.25, 0.3) is 0 Å². The zero-order valence-electron chi connectivity index (χ0n) is 17.3. The summed E-state index contributed by atoms with van der Waals surface area (Å²) in [7, 11) is 1.89. The molecule has 3 fully saturated rings. The summed E-state index contributed by atoms with van der Waals surface area (Å²) in [6.45, 7) is 1.34. The Morgan fingerprint density at radius 3 is 2.53 bits per heavy atom. The molecular formula is C22H20ClN7O2. The van der Waals surface area contributed by atoms with E-state index in [1.807, 2.05) is 44.0 Å². The monoisotopic (exact) mass is 449 g/mol. The van der Waals surface area contributed by atoms with Crippen molar-refractivity contribution in [2.24, 2.45) is 7.05 Å². The molecule has 2 unspecified atom stereocenters. The number of pyridine rings is 2. The fraction of sp³-hybridized carbons (Fsp3) is 0.273. The highest BCUT2D eigenvalue weighted by Gasteiger charge is 2.47. The number of hydrogen-bond donors (Lipinski definition) is 1. The number of anilines is 1. The van der Waals surface area contributed by atoms with Crippen LogP contribution in [0.2, 0.25) is 5.02 Å². The van der Waals surface area contributed by atoms with Gasteiger partial charge in [-0.05, 0) is 24.6 Å². The average Bonchev–Trinajstić information content (AvgIpc) is 3.38. The van der Waals surface area contributed by atoms with Gasteiger partial charge in [-0.3, -0.25) is 9.58 Å². The Balaban J connectivity index is 1.34. The van der Waals surface area contributed by atoms with Crippen molar-refractivity contribution in [2.45, 2.75) is 18.5 Å². The first-order valence-electron chi connectivity index (χ1n) is 10.4. The van der Waals surface area contributed by atoms with E-state index in [4.69, 9.17) is 16.6 Å². The number of amides is 1. The van der Waals surface area contributed by atoms with Crippen LogP contribution in [-0.2, 0) is 7.05 Å². The highest BCUT2D eigenvalue weighted by atomic mass is 35.5. The minimum absolute atomic E-state index is 0.0501. The number of piperidine rings is 1. The van der Waals surface area contributed by atoms with E-state index in [1.54, 1.807) is 20.3 Å². The lowest BCUT2D eigenvalue weighted by Crippen LogP contribution is -2.70. The zero-order valence-corrected chi connectivity index (χ0v) is 18.0. The average molecular weight is 450 g/mol. The molecule has 4 aromatic rings. The highest BCUT2D eigenvalue weighted by Crippen LogP contribution is 2.36. The van der Waals surface area contributed by atoms with E-state index in [0.717, 1.165) is 40.0 Å². The lowest BCUT2D eigenvalue weighted by atomic mass is 9.88. The maximum Gasteiger partial charge on any atom is 0.407 e. The minimum atomic E-state index is -0.829. The molecule has 7 rings (SSSR count). The van der Waals surface area contributed by atoms with E-state index >= 15 is 0 Å². The molecule has 3 saturated heterocycles. The molecule has 162 valence electrons. The van der Waals surface area contributed by atoms with Crippen molar-refractivity contribution >= 4 is 29.0 Å². The van der Waals surface area contributed by atoms with Gasteiger partial charge in [-0.2, -0.15) is 10.2 Å². The number of carboxylic acid groups (broad SMARTS) is 1. The largest absolute Gasteiger partial charge is 0.465 e. The molecule has 1 N–H and O–H groups in total. The molecule has 0 saturated carbocycles. The van der Waals surface area contributed by atoms with Crippen LogP contribution in [0.3, 0.4) is 0 Å². The Hall–Kier alpha value is -3.59. The maximum atomic E-state index is 11.4. The summed E-state index contributed by atoms with van der Waals surface area (Å²) in [5, 5.41) is 18.6. The smallest absolute Gasteiger partial charge is 0.407 e. The lowest BCUT2D eigenvalue weighted by Gasteiger charge is -2.55. The number of halogens is 1. The molecule has 9 nitrogen and oxygen atoms in total. The van der Waals surface area contributed by atoms with Gasteiger partial charge in [0.15, 0.2) is 0 Å². The fourth-order valence-corrected chi connectivity index (χ4v) is 5.11. The third-order valence-corrected chi connectivity index (χ3v) is 6.68. The summed E-state index contributed by atoms with van der Waals surface area (Å²) in [4.78, 5) is 19.8. The van der Waals surface area contributed by atoms with E-state index in [2.05, 4.69) is 21.2 Å². The van der Waals surface area contributed by atoms with E-state index in [1.165, 1.54) is 0 Å². The van der Waals surface area contributed by atoms with Crippen LogP contribution in [0.4, 0.5) is 10.6 Å². The number of nitrogens with zero attached hydrogens (tertiary/aromatic N) is 7. The van der Waals surface area contributed by atoms with Crippen molar-refractivity contribution in [3.05, 3.63) is 54.2 Å². The van der Waals surface area contributed by atoms with Crippen molar-refractivity contribution in [3.63, 3.8) is 0 Å². The SMILES string of the molecule is Cn1cc(-c2cc(-c3ccc(N4CC5CC(C4)N5C(=O)O)nc3)c3c(Cl)cnn3c2)cn1. The molecule has 1 amide bonds. The highest BCUT2D eigenvalue weighted by molar-refractivity contribution is 6.34. The van der Waals surface area contributed by atoms with E-state index in [9.17, 15) is 9.90 Å². The maximum absolute atomic E-state index is 11.4. The Kier molecular flexibility index (Phi) is 4.16. The van der Waals surface area contributed by atoms with Crippen LogP contribution in [0.15, 0.2) is 49.2 Å². The predicted molar refractivity (Wildman–Crippen MR) is 120 cm³/mol. The van der Waals surface area contributed by atoms with Gasteiger partial charge in [-0.25, -0.2) is 14.3 Å². The number of aromatic nitrogens is 5. The van der Waals surface area contributed by atoms with E-state index in [-0.39, 0.29) is 12.1 Å². The normalized spacial score (nSPS) is 19.9. The van der Waals surface area contributed by atoms with Crippen LogP contribution in [0.5, 0.6) is 0 Å². The third kappa shape index (κ3) is 2.92. The molecule has 2 atom stereocenters. The Morgan fingerprint density at radius 1 is 1.06 bits per heavy atom. The van der Waals surface area contributed by atoms with Gasteiger partial charge in [-0.15, -0.1) is 0 Å². The number of hydrogen-bond acceptors (Lipinski definition) is 5. The Morgan fingerprint density at radius 2 is 1.88 bits per heavy atom. The molecule has 7 heterocycles. The van der Waals surface area contributed by atoms with Crippen molar-refractivity contribution in [2.75, 3.05) is 18.0 Å². The molecule has 0 radical (unpaired) electrons. The first kappa shape index (κ1) is 19.1. The molecule has 0 spiro atoms. The van der Waals surface area contributed by atoms with Crippen LogP contribution in [0, 0.1) is 0 Å². The number of rotatable bonds is 3. The van der Waals surface area contributed by atoms with E-state index in [0.29, 0.717) is 18.1 Å². The van der Waals surface area contributed by atoms with Crippen molar-refractivity contribution in [3.8, 4) is 22.3 Å². The lowest BCUT2D eigenvalue weighted by molar-refractivity contribution is 0.0112. The van der Waals surface area contributed by atoms with Gasteiger partial charge in [0, 0.05) is 61.0 Å². The summed E-state index contributed by atoms with van der Waals surface area (Å²) in [5.41, 5.74) is 4.66. The van der Waals surface area contributed by atoms with E-state index < -0.39 is 6.09 Å². The molecule has 2 bridgehead atoms. The molecular weight excluding hydrogens is 430 g/mol. The Bertz CT molecular complexity index is 1330. The molecule has 10 heteroatoms. The summed E-state index contributed by atoms with van der Waals surface area (Å²) in [6, 6.07) is 6.20. The molecule has 0 aliphatic carbocycles. The summed E-state index contributed by atoms with van der Waals surface area (Å²) in [6.07, 6.45) is 9.31. The second-order valence-corrected chi connectivity index (χ2v) is 8.78. The molecule has 3 aliphatic rings. The fourth-order valence-electron chi connectivity index (χ4n) is 4.87. The first-order chi connectivity index (χ1) is 15.5. The van der Waals surface area contributed by atoms with Crippen LogP contribution < -0.4 is 4.90 Å². The molecule has 3 aliphatic heterocycles. The standard InChI is InChI=1S/C22H20ClN7O2/c1-27-9-15(7-25-27)14-4-18(21-19(23)8-26-29(21)10-14)13-2-3-20(24-6-13)28-11-16-5-17(12-28)30(16)22(31)32/h2-4,6-10,16-17H,5,11-12H2,1H3,(H,31,32). The van der Waals surface area contributed by atoms with Gasteiger partial charge in [0.1, 0.15) is 5.82 Å². The molecule has 0 aromatic carbocycles. The van der Waals surface area contributed by atoms with Gasteiger partial charge >= 0.3 is 6.09 Å². The number of fused-ring (bicyclic) bond motifs is 3. The van der Waals surface area contributed by atoms with Gasteiger partial charge in [-0.1, -0.05) is 11.6 Å². The van der Waals surface area contributed by atoms with Crippen LogP contribution in [0.1, 0.15) is 6.42 Å². The van der Waals surface area contributed by atoms with Crippen LogP contribution in [0.25, 0.3) is 27.8 Å². The quantitative estimate of drug-likeness (QED) is 0.515. The minimum Gasteiger partial charge on any atom is -0.465 e. The zero-order chi connectivity index (χ0) is 22.0. The summed E-state index contributed by atoms with van der Waals surface area (Å²) >= 11 is 6.46. The summed E-state index contributed by atoms with van der Waals surface area (Å²) < 4.78 is 3.55. The predicted octanol–water partition coefficient (Wildman–Crippen LogP) is 3.39. The first-order valence-corrected chi connectivity index (χ1v) is 10.7. The number of piperazine rings is 1. The summed E-state index contributed by atoms with van der Waals surface area (Å²) in [5.74, 6) is 0.854. The second kappa shape index (κ2) is 6.96. The van der Waals surface area contributed by atoms with Crippen LogP contribution >= 0.6 is 11.6 Å². The topological polar surface area (TPSA) is 91.8 Å². The van der Waals surface area contributed by atoms with Crippen molar-refractivity contribution < 1.29 is 9.90 Å². The number of aryl methyl sites for hydroxylation is 1. The van der Waals surface area contributed by atoms with Crippen molar-refractivity contribution in [1.29, 1.82) is 0 Å². The van der Waals surface area contributed by atoms with Gasteiger partial charge < -0.3 is 10.0 Å². The van der Waals surface area contributed by atoms with Gasteiger partial charge in [0.05, 0.1) is 35.0 Å². The number of carbonyl (C=O) groups is 1.